The van der Waals surface area contributed by atoms with Gasteiger partial charge in [0, 0.05) is 11.8 Å². The molecule has 92 valence electrons. The van der Waals surface area contributed by atoms with Crippen molar-refractivity contribution in [3.63, 3.8) is 0 Å². The van der Waals surface area contributed by atoms with Gasteiger partial charge in [0.15, 0.2) is 0 Å². The zero-order valence-electron chi connectivity index (χ0n) is 10.5. The normalized spacial score (nSPS) is 16.5. The third kappa shape index (κ3) is 1.72. The molecule has 4 N–H and O–H groups in total. The second-order valence-electron chi connectivity index (χ2n) is 5.30. The first-order chi connectivity index (χ1) is 8.60. The number of hydrogen-bond donors (Lipinski definition) is 2. The van der Waals surface area contributed by atoms with Crippen molar-refractivity contribution in [2.45, 2.75) is 25.2 Å². The van der Waals surface area contributed by atoms with Gasteiger partial charge >= 0.3 is 0 Å². The van der Waals surface area contributed by atoms with Crippen LogP contribution in [0.25, 0.3) is 11.3 Å². The molecule has 2 aromatic rings. The second-order valence-corrected chi connectivity index (χ2v) is 5.30. The maximum atomic E-state index is 5.96. The van der Waals surface area contributed by atoms with E-state index >= 15 is 0 Å². The Morgan fingerprint density at radius 3 is 2.33 bits per heavy atom. The lowest BCUT2D eigenvalue weighted by molar-refractivity contribution is 0.788. The van der Waals surface area contributed by atoms with Crippen molar-refractivity contribution in [3.05, 3.63) is 42.1 Å². The Bertz CT molecular complexity index is 583. The Balaban J connectivity index is 2.00. The van der Waals surface area contributed by atoms with E-state index in [0.29, 0.717) is 16.8 Å². The van der Waals surface area contributed by atoms with Crippen LogP contribution in [0.3, 0.4) is 0 Å². The van der Waals surface area contributed by atoms with Crippen molar-refractivity contribution in [2.24, 2.45) is 0 Å². The molecule has 0 unspecified atom stereocenters. The molecule has 0 radical (unpaired) electrons. The highest BCUT2D eigenvalue weighted by molar-refractivity contribution is 5.81. The van der Waals surface area contributed by atoms with Crippen LogP contribution in [0.1, 0.15) is 25.3 Å². The highest BCUT2D eigenvalue weighted by Crippen LogP contribution is 2.47. The summed E-state index contributed by atoms with van der Waals surface area (Å²) >= 11 is 0. The summed E-state index contributed by atoms with van der Waals surface area (Å²) in [5.41, 5.74) is 16.5. The number of aromatic nitrogens is 1. The summed E-state index contributed by atoms with van der Waals surface area (Å²) in [6, 6.07) is 10.2. The molecule has 0 bridgehead atoms. The van der Waals surface area contributed by atoms with E-state index in [9.17, 15) is 0 Å². The molecule has 3 nitrogen and oxygen atoms in total. The van der Waals surface area contributed by atoms with Gasteiger partial charge < -0.3 is 11.5 Å². The number of benzene rings is 1. The average Bonchev–Trinajstić information content (AvgIpc) is 3.13. The van der Waals surface area contributed by atoms with E-state index in [1.807, 2.05) is 0 Å². The minimum absolute atomic E-state index is 0.396. The van der Waals surface area contributed by atoms with E-state index in [2.05, 4.69) is 36.2 Å². The largest absolute Gasteiger partial charge is 0.397 e. The summed E-state index contributed by atoms with van der Waals surface area (Å²) in [6.07, 6.45) is 4.26. The topological polar surface area (TPSA) is 64.9 Å². The van der Waals surface area contributed by atoms with Gasteiger partial charge in [-0.25, -0.2) is 0 Å². The molecule has 1 aromatic heterocycles. The predicted octanol–water partition coefficient (Wildman–Crippen LogP) is 2.96. The molecule has 3 rings (SSSR count). The molecule has 1 aliphatic rings. The third-order valence-electron chi connectivity index (χ3n) is 3.88. The van der Waals surface area contributed by atoms with E-state index in [1.54, 1.807) is 12.3 Å². The first kappa shape index (κ1) is 11.1. The van der Waals surface area contributed by atoms with Crippen molar-refractivity contribution >= 4 is 11.4 Å². The maximum Gasteiger partial charge on any atom is 0.0952 e. The summed E-state index contributed by atoms with van der Waals surface area (Å²) in [7, 11) is 0. The molecule has 1 aromatic carbocycles. The van der Waals surface area contributed by atoms with Crippen LogP contribution in [0.15, 0.2) is 36.5 Å². The monoisotopic (exact) mass is 239 g/mol. The van der Waals surface area contributed by atoms with Gasteiger partial charge in [0.2, 0.25) is 0 Å². The van der Waals surface area contributed by atoms with Gasteiger partial charge in [0.05, 0.1) is 17.1 Å². The molecule has 0 saturated heterocycles. The minimum Gasteiger partial charge on any atom is -0.397 e. The van der Waals surface area contributed by atoms with Crippen LogP contribution in [-0.4, -0.2) is 4.98 Å². The fourth-order valence-electron chi connectivity index (χ4n) is 2.22. The maximum absolute atomic E-state index is 5.96. The minimum atomic E-state index is 0.396. The van der Waals surface area contributed by atoms with Crippen LogP contribution in [0.5, 0.6) is 0 Å². The van der Waals surface area contributed by atoms with Crippen LogP contribution in [0, 0.1) is 0 Å². The summed E-state index contributed by atoms with van der Waals surface area (Å²) in [5.74, 6) is 0. The van der Waals surface area contributed by atoms with Crippen molar-refractivity contribution in [3.8, 4) is 11.3 Å². The summed E-state index contributed by atoms with van der Waals surface area (Å²) in [4.78, 5) is 4.31. The summed E-state index contributed by atoms with van der Waals surface area (Å²) < 4.78 is 0. The van der Waals surface area contributed by atoms with Crippen molar-refractivity contribution in [2.75, 3.05) is 11.5 Å². The van der Waals surface area contributed by atoms with Crippen LogP contribution in [-0.2, 0) is 5.41 Å². The quantitative estimate of drug-likeness (QED) is 0.846. The van der Waals surface area contributed by atoms with Gasteiger partial charge in [-0.1, -0.05) is 31.2 Å². The number of pyridine rings is 1. The van der Waals surface area contributed by atoms with Gasteiger partial charge in [0.1, 0.15) is 0 Å². The van der Waals surface area contributed by atoms with Gasteiger partial charge in [-0.05, 0) is 29.9 Å². The predicted molar refractivity (Wildman–Crippen MR) is 75.1 cm³/mol. The molecule has 0 atom stereocenters. The lowest BCUT2D eigenvalue weighted by Gasteiger charge is -2.11. The van der Waals surface area contributed by atoms with E-state index < -0.39 is 0 Å². The van der Waals surface area contributed by atoms with Crippen LogP contribution >= 0.6 is 0 Å². The number of rotatable bonds is 2. The summed E-state index contributed by atoms with van der Waals surface area (Å²) in [6.45, 7) is 2.30. The number of anilines is 2. The molecule has 0 amide bonds. The standard InChI is InChI=1S/C15H17N3/c1-15(7-8-15)11-4-2-10(3-5-11)14-13(17)12(16)6-9-18-14/h2-6,9H,7-8,17H2,1H3,(H2,16,18). The molecule has 0 spiro atoms. The Hall–Kier alpha value is -2.03. The molecule has 0 aliphatic heterocycles. The molecular formula is C15H17N3. The smallest absolute Gasteiger partial charge is 0.0952 e. The Morgan fingerprint density at radius 1 is 1.06 bits per heavy atom. The van der Waals surface area contributed by atoms with Crippen LogP contribution in [0.2, 0.25) is 0 Å². The summed E-state index contributed by atoms with van der Waals surface area (Å²) in [5, 5.41) is 0. The zero-order valence-corrected chi connectivity index (χ0v) is 10.5. The highest BCUT2D eigenvalue weighted by atomic mass is 14.8. The van der Waals surface area contributed by atoms with E-state index in [0.717, 1.165) is 11.3 Å². The first-order valence-electron chi connectivity index (χ1n) is 6.21. The molecule has 1 fully saturated rings. The van der Waals surface area contributed by atoms with Crippen LogP contribution in [0.4, 0.5) is 11.4 Å². The van der Waals surface area contributed by atoms with Crippen molar-refractivity contribution < 1.29 is 0 Å². The fraction of sp³-hybridized carbons (Fsp3) is 0.267. The second kappa shape index (κ2) is 3.73. The number of hydrogen-bond acceptors (Lipinski definition) is 3. The highest BCUT2D eigenvalue weighted by Gasteiger charge is 2.38. The van der Waals surface area contributed by atoms with Crippen LogP contribution < -0.4 is 11.5 Å². The molecule has 1 heterocycles. The Morgan fingerprint density at radius 2 is 1.72 bits per heavy atom. The number of nitrogens with zero attached hydrogens (tertiary/aromatic N) is 1. The first-order valence-corrected chi connectivity index (χ1v) is 6.21. The fourth-order valence-corrected chi connectivity index (χ4v) is 2.22. The lowest BCUT2D eigenvalue weighted by Crippen LogP contribution is -2.01. The Kier molecular flexibility index (Phi) is 2.30. The van der Waals surface area contributed by atoms with E-state index in [4.69, 9.17) is 11.5 Å². The van der Waals surface area contributed by atoms with Gasteiger partial charge in [-0.15, -0.1) is 0 Å². The van der Waals surface area contributed by atoms with Gasteiger partial charge in [0.25, 0.3) is 0 Å². The zero-order chi connectivity index (χ0) is 12.8. The molecule has 1 saturated carbocycles. The number of nitrogens with two attached hydrogens (primary N) is 2. The van der Waals surface area contributed by atoms with Gasteiger partial charge in [-0.2, -0.15) is 0 Å². The molecule has 3 heteroatoms. The molecule has 18 heavy (non-hydrogen) atoms. The molecular weight excluding hydrogens is 222 g/mol. The van der Waals surface area contributed by atoms with Crippen molar-refractivity contribution in [1.29, 1.82) is 0 Å². The third-order valence-corrected chi connectivity index (χ3v) is 3.88. The number of nitrogen functional groups attached to an aromatic ring is 2. The average molecular weight is 239 g/mol. The van der Waals surface area contributed by atoms with Gasteiger partial charge in [-0.3, -0.25) is 4.98 Å². The van der Waals surface area contributed by atoms with E-state index in [-0.39, 0.29) is 0 Å². The molecule has 1 aliphatic carbocycles. The SMILES string of the molecule is CC1(c2ccc(-c3nccc(N)c3N)cc2)CC1. The lowest BCUT2D eigenvalue weighted by atomic mass is 9.96. The van der Waals surface area contributed by atoms with Crippen molar-refractivity contribution in [1.82, 2.24) is 4.98 Å². The Labute approximate surface area is 107 Å². The van der Waals surface area contributed by atoms with E-state index in [1.165, 1.54) is 18.4 Å².